The summed E-state index contributed by atoms with van der Waals surface area (Å²) >= 11 is 7.29. The number of nitrogens with one attached hydrogen (secondary N) is 2. The van der Waals surface area contributed by atoms with Gasteiger partial charge in [-0.2, -0.15) is 0 Å². The summed E-state index contributed by atoms with van der Waals surface area (Å²) in [5.74, 6) is 0.289. The van der Waals surface area contributed by atoms with Crippen molar-refractivity contribution in [2.75, 3.05) is 12.4 Å². The number of carbonyl (C=O) groups excluding carboxylic acids is 1. The molecule has 5 nitrogen and oxygen atoms in total. The maximum Gasteiger partial charge on any atom is 0.244 e. The smallest absolute Gasteiger partial charge is 0.244 e. The van der Waals surface area contributed by atoms with Gasteiger partial charge in [0, 0.05) is 22.7 Å². The summed E-state index contributed by atoms with van der Waals surface area (Å²) in [4.78, 5) is 12.3. The van der Waals surface area contributed by atoms with Crippen molar-refractivity contribution in [2.45, 2.75) is 13.5 Å². The van der Waals surface area contributed by atoms with Crippen LogP contribution >= 0.6 is 22.9 Å². The Morgan fingerprint density at radius 2 is 2.30 bits per heavy atom. The van der Waals surface area contributed by atoms with Crippen molar-refractivity contribution in [1.82, 2.24) is 4.57 Å². The molecule has 1 heterocycles. The lowest BCUT2D eigenvalue weighted by Gasteiger charge is -2.12. The number of anilines is 1. The fourth-order valence-electron chi connectivity index (χ4n) is 1.70. The maximum absolute atomic E-state index is 12.0. The number of benzene rings is 1. The molecule has 0 radical (unpaired) electrons. The predicted molar refractivity (Wildman–Crippen MR) is 79.5 cm³/mol. The first-order valence-corrected chi connectivity index (χ1v) is 7.09. The third-order valence-electron chi connectivity index (χ3n) is 2.75. The van der Waals surface area contributed by atoms with E-state index in [0.29, 0.717) is 21.3 Å². The molecule has 1 aromatic heterocycles. The number of rotatable bonds is 4. The number of ether oxygens (including phenoxy) is 1. The Morgan fingerprint density at radius 3 is 2.90 bits per heavy atom. The molecule has 7 heteroatoms. The summed E-state index contributed by atoms with van der Waals surface area (Å²) in [5.41, 5.74) is 1.42. The normalized spacial score (nSPS) is 10.3. The van der Waals surface area contributed by atoms with Crippen molar-refractivity contribution < 1.29 is 9.53 Å². The first-order valence-electron chi connectivity index (χ1n) is 5.83. The number of hydrogen-bond donors (Lipinski definition) is 2. The van der Waals surface area contributed by atoms with Gasteiger partial charge in [0.15, 0.2) is 4.80 Å². The van der Waals surface area contributed by atoms with Crippen LogP contribution < -0.4 is 14.9 Å². The van der Waals surface area contributed by atoms with E-state index >= 15 is 0 Å². The Morgan fingerprint density at radius 1 is 1.55 bits per heavy atom. The minimum atomic E-state index is -0.220. The summed E-state index contributed by atoms with van der Waals surface area (Å²) in [5, 5.41) is 12.7. The molecule has 0 bridgehead atoms. The van der Waals surface area contributed by atoms with Gasteiger partial charge in [-0.3, -0.25) is 10.2 Å². The van der Waals surface area contributed by atoms with Gasteiger partial charge in [-0.15, -0.1) is 11.3 Å². The summed E-state index contributed by atoms with van der Waals surface area (Å²) in [6.45, 7) is 1.94. The van der Waals surface area contributed by atoms with Gasteiger partial charge >= 0.3 is 0 Å². The highest BCUT2D eigenvalue weighted by atomic mass is 35.5. The molecule has 0 saturated heterocycles. The van der Waals surface area contributed by atoms with E-state index in [1.54, 1.807) is 28.3 Å². The van der Waals surface area contributed by atoms with Crippen LogP contribution in [0.1, 0.15) is 5.56 Å². The van der Waals surface area contributed by atoms with Gasteiger partial charge in [-0.25, -0.2) is 0 Å². The number of methoxy groups -OCH3 is 1. The number of halogens is 1. The van der Waals surface area contributed by atoms with Gasteiger partial charge in [-0.05, 0) is 18.6 Å². The second-order valence-electron chi connectivity index (χ2n) is 4.19. The van der Waals surface area contributed by atoms with E-state index in [2.05, 4.69) is 5.32 Å². The zero-order valence-electron chi connectivity index (χ0n) is 11.1. The number of thiazole rings is 1. The second kappa shape index (κ2) is 6.11. The lowest BCUT2D eigenvalue weighted by Crippen LogP contribution is -2.24. The van der Waals surface area contributed by atoms with Crippen molar-refractivity contribution in [3.63, 3.8) is 0 Å². The highest BCUT2D eigenvalue weighted by Gasteiger charge is 2.11. The topological polar surface area (TPSA) is 67.1 Å². The summed E-state index contributed by atoms with van der Waals surface area (Å²) in [6, 6.07) is 3.43. The van der Waals surface area contributed by atoms with Gasteiger partial charge in [0.1, 0.15) is 12.3 Å². The minimum absolute atomic E-state index is 0.0904. The van der Waals surface area contributed by atoms with Crippen molar-refractivity contribution in [2.24, 2.45) is 0 Å². The molecule has 1 aromatic carbocycles. The quantitative estimate of drug-likeness (QED) is 0.911. The fourth-order valence-corrected chi connectivity index (χ4v) is 2.45. The monoisotopic (exact) mass is 311 g/mol. The summed E-state index contributed by atoms with van der Waals surface area (Å²) in [7, 11) is 1.52. The molecule has 0 atom stereocenters. The van der Waals surface area contributed by atoms with Crippen LogP contribution in [0.15, 0.2) is 23.7 Å². The lowest BCUT2D eigenvalue weighted by atomic mass is 10.2. The van der Waals surface area contributed by atoms with E-state index in [9.17, 15) is 4.79 Å². The van der Waals surface area contributed by atoms with E-state index in [1.807, 2.05) is 6.92 Å². The Kier molecular flexibility index (Phi) is 4.46. The maximum atomic E-state index is 12.0. The van der Waals surface area contributed by atoms with Crippen molar-refractivity contribution in [1.29, 1.82) is 5.41 Å². The van der Waals surface area contributed by atoms with Gasteiger partial charge < -0.3 is 14.6 Å². The van der Waals surface area contributed by atoms with E-state index in [-0.39, 0.29) is 12.5 Å². The van der Waals surface area contributed by atoms with E-state index in [1.165, 1.54) is 18.4 Å². The van der Waals surface area contributed by atoms with Crippen LogP contribution in [-0.2, 0) is 11.3 Å². The average molecular weight is 312 g/mol. The zero-order valence-corrected chi connectivity index (χ0v) is 12.6. The molecule has 0 aliphatic heterocycles. The molecule has 106 valence electrons. The highest BCUT2D eigenvalue weighted by molar-refractivity contribution is 7.06. The number of aryl methyl sites for hydroxylation is 1. The molecule has 0 spiro atoms. The molecule has 0 aliphatic carbocycles. The summed E-state index contributed by atoms with van der Waals surface area (Å²) < 4.78 is 6.76. The van der Waals surface area contributed by atoms with E-state index < -0.39 is 0 Å². The molecule has 20 heavy (non-hydrogen) atoms. The minimum Gasteiger partial charge on any atom is -0.495 e. The van der Waals surface area contributed by atoms with Gasteiger partial charge in [-0.1, -0.05) is 11.6 Å². The van der Waals surface area contributed by atoms with Crippen LogP contribution in [0, 0.1) is 12.3 Å². The third-order valence-corrected chi connectivity index (χ3v) is 3.87. The van der Waals surface area contributed by atoms with Gasteiger partial charge in [0.25, 0.3) is 0 Å². The fraction of sp³-hybridized carbons (Fsp3) is 0.231. The first-order chi connectivity index (χ1) is 9.51. The first kappa shape index (κ1) is 14.6. The molecular formula is C13H14ClN3O2S. The van der Waals surface area contributed by atoms with Crippen LogP contribution in [0.3, 0.4) is 0 Å². The number of amides is 1. The van der Waals surface area contributed by atoms with E-state index in [0.717, 1.165) is 5.56 Å². The number of hydrogen-bond acceptors (Lipinski definition) is 4. The highest BCUT2D eigenvalue weighted by Crippen LogP contribution is 2.30. The Labute approximate surface area is 125 Å². The Balaban J connectivity index is 2.17. The van der Waals surface area contributed by atoms with Crippen LogP contribution in [0.25, 0.3) is 0 Å². The van der Waals surface area contributed by atoms with E-state index in [4.69, 9.17) is 21.7 Å². The number of carbonyl (C=O) groups is 1. The zero-order chi connectivity index (χ0) is 14.7. The molecule has 1 amide bonds. The van der Waals surface area contributed by atoms with Crippen molar-refractivity contribution >= 4 is 34.5 Å². The molecule has 2 aromatic rings. The standard InChI is InChI=1S/C13H14ClN3O2S/c1-8-5-10(11(19-2)6-9(8)14)16-12(18)7-17-3-4-20-13(17)15/h3-6,15H,7H2,1-2H3,(H,16,18). The molecule has 2 rings (SSSR count). The van der Waals surface area contributed by atoms with Gasteiger partial charge in [0.05, 0.1) is 12.8 Å². The molecule has 0 unspecified atom stereocenters. The van der Waals surface area contributed by atoms with Gasteiger partial charge in [0.2, 0.25) is 5.91 Å². The van der Waals surface area contributed by atoms with Crippen LogP contribution in [0.4, 0.5) is 5.69 Å². The van der Waals surface area contributed by atoms with Crippen molar-refractivity contribution in [3.8, 4) is 5.75 Å². The molecule has 0 aliphatic rings. The molecule has 0 fully saturated rings. The van der Waals surface area contributed by atoms with Crippen molar-refractivity contribution in [3.05, 3.63) is 39.1 Å². The molecule has 2 N–H and O–H groups in total. The SMILES string of the molecule is COc1cc(Cl)c(C)cc1NC(=O)Cn1ccsc1=N. The number of nitrogens with zero attached hydrogens (tertiary/aromatic N) is 1. The largest absolute Gasteiger partial charge is 0.495 e. The molecular weight excluding hydrogens is 298 g/mol. The third kappa shape index (κ3) is 3.20. The Bertz CT molecular complexity index is 693. The average Bonchev–Trinajstić information content (AvgIpc) is 2.79. The second-order valence-corrected chi connectivity index (χ2v) is 5.49. The Hall–Kier alpha value is -1.79. The van der Waals surface area contributed by atoms with Crippen LogP contribution in [0.2, 0.25) is 5.02 Å². The molecule has 0 saturated carbocycles. The number of aromatic nitrogens is 1. The predicted octanol–water partition coefficient (Wildman–Crippen LogP) is 2.64. The summed E-state index contributed by atoms with van der Waals surface area (Å²) in [6.07, 6.45) is 1.71. The van der Waals surface area contributed by atoms with Crippen LogP contribution in [-0.4, -0.2) is 17.6 Å². The van der Waals surface area contributed by atoms with Crippen LogP contribution in [0.5, 0.6) is 5.75 Å². The lowest BCUT2D eigenvalue weighted by molar-refractivity contribution is -0.116.